The van der Waals surface area contributed by atoms with Gasteiger partial charge in [0.2, 0.25) is 5.22 Å². The summed E-state index contributed by atoms with van der Waals surface area (Å²) >= 11 is 7.30. The Balaban J connectivity index is 2.11. The Bertz CT molecular complexity index is 535. The van der Waals surface area contributed by atoms with Gasteiger partial charge in [0.05, 0.1) is 29.6 Å². The van der Waals surface area contributed by atoms with E-state index in [9.17, 15) is 4.79 Å². The average Bonchev–Trinajstić information content (AvgIpc) is 2.88. The molecular weight excluding hydrogens is 260 g/mol. The molecular formula is C11H11ClN2O2S. The summed E-state index contributed by atoms with van der Waals surface area (Å²) in [6.45, 7) is 2.45. The van der Waals surface area contributed by atoms with E-state index in [4.69, 9.17) is 16.0 Å². The number of furan rings is 1. The van der Waals surface area contributed by atoms with Gasteiger partial charge >= 0.3 is 0 Å². The fourth-order valence-electron chi connectivity index (χ4n) is 1.42. The SMILES string of the molecule is Cc1ncsc1CN(C)C(=O)c1ccoc1Cl. The Morgan fingerprint density at radius 1 is 1.65 bits per heavy atom. The predicted molar refractivity (Wildman–Crippen MR) is 66.4 cm³/mol. The van der Waals surface area contributed by atoms with E-state index in [2.05, 4.69) is 4.98 Å². The van der Waals surface area contributed by atoms with Crippen LogP contribution in [0.15, 0.2) is 22.3 Å². The standard InChI is InChI=1S/C11H11ClN2O2S/c1-7-9(17-6-13-7)5-14(2)11(15)8-3-4-16-10(8)12/h3-4,6H,5H2,1-2H3. The molecule has 0 atom stereocenters. The van der Waals surface area contributed by atoms with Crippen molar-refractivity contribution in [3.05, 3.63) is 39.2 Å². The molecule has 0 saturated heterocycles. The molecule has 0 aromatic carbocycles. The van der Waals surface area contributed by atoms with E-state index in [1.807, 2.05) is 6.92 Å². The van der Waals surface area contributed by atoms with Gasteiger partial charge in [-0.2, -0.15) is 0 Å². The lowest BCUT2D eigenvalue weighted by atomic mass is 10.3. The summed E-state index contributed by atoms with van der Waals surface area (Å²) in [6.07, 6.45) is 1.40. The number of aromatic nitrogens is 1. The third-order valence-electron chi connectivity index (χ3n) is 2.42. The summed E-state index contributed by atoms with van der Waals surface area (Å²) in [4.78, 5) is 18.8. The van der Waals surface area contributed by atoms with Gasteiger partial charge in [-0.05, 0) is 24.6 Å². The smallest absolute Gasteiger partial charge is 0.258 e. The van der Waals surface area contributed by atoms with Crippen molar-refractivity contribution < 1.29 is 9.21 Å². The number of thiazole rings is 1. The molecule has 1 amide bonds. The molecule has 6 heteroatoms. The highest BCUT2D eigenvalue weighted by molar-refractivity contribution is 7.09. The quantitative estimate of drug-likeness (QED) is 0.861. The molecule has 0 aliphatic carbocycles. The van der Waals surface area contributed by atoms with E-state index in [-0.39, 0.29) is 11.1 Å². The zero-order valence-corrected chi connectivity index (χ0v) is 11.0. The van der Waals surface area contributed by atoms with E-state index in [1.54, 1.807) is 23.5 Å². The molecule has 0 unspecified atom stereocenters. The van der Waals surface area contributed by atoms with Crippen molar-refractivity contribution in [3.8, 4) is 0 Å². The van der Waals surface area contributed by atoms with Gasteiger partial charge in [-0.3, -0.25) is 4.79 Å². The van der Waals surface area contributed by atoms with Crippen LogP contribution >= 0.6 is 22.9 Å². The van der Waals surface area contributed by atoms with Crippen LogP contribution in [0.25, 0.3) is 0 Å². The van der Waals surface area contributed by atoms with Crippen molar-refractivity contribution in [2.75, 3.05) is 7.05 Å². The summed E-state index contributed by atoms with van der Waals surface area (Å²) in [5.41, 5.74) is 3.11. The second-order valence-corrected chi connectivity index (χ2v) is 4.91. The first-order valence-electron chi connectivity index (χ1n) is 4.97. The maximum absolute atomic E-state index is 12.0. The second kappa shape index (κ2) is 4.89. The van der Waals surface area contributed by atoms with Crippen LogP contribution in [-0.2, 0) is 6.54 Å². The van der Waals surface area contributed by atoms with Crippen LogP contribution in [0.4, 0.5) is 0 Å². The Morgan fingerprint density at radius 3 is 2.94 bits per heavy atom. The van der Waals surface area contributed by atoms with E-state index in [0.717, 1.165) is 10.6 Å². The molecule has 0 N–H and O–H groups in total. The van der Waals surface area contributed by atoms with Gasteiger partial charge in [-0.25, -0.2) is 4.98 Å². The molecule has 2 rings (SSSR count). The van der Waals surface area contributed by atoms with Crippen LogP contribution in [0.3, 0.4) is 0 Å². The molecule has 0 aliphatic heterocycles. The fourth-order valence-corrected chi connectivity index (χ4v) is 2.44. The molecule has 0 saturated carbocycles. The minimum Gasteiger partial charge on any atom is -0.452 e. The summed E-state index contributed by atoms with van der Waals surface area (Å²) < 4.78 is 4.90. The fraction of sp³-hybridized carbons (Fsp3) is 0.273. The van der Waals surface area contributed by atoms with Crippen molar-refractivity contribution in [3.63, 3.8) is 0 Å². The predicted octanol–water partition coefficient (Wildman–Crippen LogP) is 2.97. The van der Waals surface area contributed by atoms with Gasteiger partial charge < -0.3 is 9.32 Å². The topological polar surface area (TPSA) is 46.3 Å². The molecule has 0 bridgehead atoms. The first kappa shape index (κ1) is 12.1. The van der Waals surface area contributed by atoms with Gasteiger partial charge in [-0.15, -0.1) is 11.3 Å². The number of aryl methyl sites for hydroxylation is 1. The largest absolute Gasteiger partial charge is 0.452 e. The summed E-state index contributed by atoms with van der Waals surface area (Å²) in [7, 11) is 1.73. The number of hydrogen-bond acceptors (Lipinski definition) is 4. The number of rotatable bonds is 3. The number of hydrogen-bond donors (Lipinski definition) is 0. The number of halogens is 1. The minimum atomic E-state index is -0.156. The molecule has 2 aromatic heterocycles. The number of nitrogens with zero attached hydrogens (tertiary/aromatic N) is 2. The molecule has 0 radical (unpaired) electrons. The van der Waals surface area contributed by atoms with Crippen molar-refractivity contribution in [1.29, 1.82) is 0 Å². The van der Waals surface area contributed by atoms with Crippen LogP contribution in [0, 0.1) is 6.92 Å². The Labute approximate surface area is 108 Å². The molecule has 0 aliphatic rings. The monoisotopic (exact) mass is 270 g/mol. The highest BCUT2D eigenvalue weighted by Crippen LogP contribution is 2.20. The maximum Gasteiger partial charge on any atom is 0.258 e. The Morgan fingerprint density at radius 2 is 2.41 bits per heavy atom. The number of carbonyl (C=O) groups is 1. The van der Waals surface area contributed by atoms with Crippen LogP contribution in [0.1, 0.15) is 20.9 Å². The van der Waals surface area contributed by atoms with Gasteiger partial charge in [0.15, 0.2) is 0 Å². The van der Waals surface area contributed by atoms with E-state index in [0.29, 0.717) is 12.1 Å². The van der Waals surface area contributed by atoms with E-state index < -0.39 is 0 Å². The highest BCUT2D eigenvalue weighted by atomic mass is 35.5. The van der Waals surface area contributed by atoms with Crippen LogP contribution in [0.5, 0.6) is 0 Å². The van der Waals surface area contributed by atoms with Gasteiger partial charge in [-0.1, -0.05) is 0 Å². The summed E-state index contributed by atoms with van der Waals surface area (Å²) in [5.74, 6) is -0.156. The normalized spacial score (nSPS) is 10.5. The van der Waals surface area contributed by atoms with Crippen molar-refractivity contribution in [1.82, 2.24) is 9.88 Å². The Kier molecular flexibility index (Phi) is 3.49. The first-order valence-corrected chi connectivity index (χ1v) is 6.22. The number of amides is 1. The Hall–Kier alpha value is -1.33. The van der Waals surface area contributed by atoms with Crippen molar-refractivity contribution >= 4 is 28.8 Å². The van der Waals surface area contributed by atoms with Gasteiger partial charge in [0.25, 0.3) is 5.91 Å². The van der Waals surface area contributed by atoms with Crippen molar-refractivity contribution in [2.24, 2.45) is 0 Å². The number of carbonyl (C=O) groups excluding carboxylic acids is 1. The molecule has 2 aromatic rings. The lowest BCUT2D eigenvalue weighted by molar-refractivity contribution is 0.0786. The zero-order valence-electron chi connectivity index (χ0n) is 9.44. The first-order chi connectivity index (χ1) is 8.09. The van der Waals surface area contributed by atoms with E-state index in [1.165, 1.54) is 17.6 Å². The lowest BCUT2D eigenvalue weighted by Crippen LogP contribution is -2.25. The molecule has 2 heterocycles. The third kappa shape index (κ3) is 2.50. The third-order valence-corrected chi connectivity index (χ3v) is 3.63. The van der Waals surface area contributed by atoms with Gasteiger partial charge in [0.1, 0.15) is 0 Å². The molecule has 17 heavy (non-hydrogen) atoms. The van der Waals surface area contributed by atoms with Crippen LogP contribution in [0.2, 0.25) is 5.22 Å². The maximum atomic E-state index is 12.0. The molecule has 90 valence electrons. The minimum absolute atomic E-state index is 0.128. The molecule has 0 spiro atoms. The van der Waals surface area contributed by atoms with Crippen LogP contribution in [-0.4, -0.2) is 22.8 Å². The summed E-state index contributed by atoms with van der Waals surface area (Å²) in [5, 5.41) is 0.128. The second-order valence-electron chi connectivity index (χ2n) is 3.63. The lowest BCUT2D eigenvalue weighted by Gasteiger charge is -2.15. The molecule has 4 nitrogen and oxygen atoms in total. The summed E-state index contributed by atoms with van der Waals surface area (Å²) in [6, 6.07) is 1.57. The van der Waals surface area contributed by atoms with Crippen molar-refractivity contribution in [2.45, 2.75) is 13.5 Å². The highest BCUT2D eigenvalue weighted by Gasteiger charge is 2.18. The molecule has 0 fully saturated rings. The van der Waals surface area contributed by atoms with Crippen LogP contribution < -0.4 is 0 Å². The zero-order chi connectivity index (χ0) is 12.4. The van der Waals surface area contributed by atoms with E-state index >= 15 is 0 Å². The average molecular weight is 271 g/mol. The van der Waals surface area contributed by atoms with Gasteiger partial charge in [0, 0.05) is 11.9 Å².